The number of hydrogen-bond donors (Lipinski definition) is 1. The van der Waals surface area contributed by atoms with Gasteiger partial charge < -0.3 is 9.64 Å². The van der Waals surface area contributed by atoms with Crippen LogP contribution in [0.1, 0.15) is 11.6 Å². The molecule has 1 aliphatic rings. The van der Waals surface area contributed by atoms with E-state index in [0.717, 1.165) is 43.2 Å². The topological polar surface area (TPSA) is 74.8 Å². The molecular formula is C24H27ClN4O3S. The molecule has 0 saturated carbocycles. The normalized spacial score (nSPS) is 15.9. The van der Waals surface area contributed by atoms with Gasteiger partial charge in [0.2, 0.25) is 10.0 Å². The average molecular weight is 487 g/mol. The van der Waals surface area contributed by atoms with Crippen LogP contribution in [0.3, 0.4) is 0 Å². The fraction of sp³-hybridized carbons (Fsp3) is 0.292. The van der Waals surface area contributed by atoms with E-state index < -0.39 is 10.0 Å². The summed E-state index contributed by atoms with van der Waals surface area (Å²) in [6.45, 7) is 3.53. The predicted molar refractivity (Wildman–Crippen MR) is 130 cm³/mol. The molecule has 1 aromatic heterocycles. The molecular weight excluding hydrogens is 460 g/mol. The fourth-order valence-corrected chi connectivity index (χ4v) is 5.17. The zero-order valence-corrected chi connectivity index (χ0v) is 20.0. The molecule has 0 bridgehead atoms. The minimum Gasteiger partial charge on any atom is -0.497 e. The van der Waals surface area contributed by atoms with Crippen LogP contribution in [0.15, 0.2) is 78.0 Å². The maximum Gasteiger partial charge on any atom is 0.240 e. The molecule has 0 radical (unpaired) electrons. The third-order valence-corrected chi connectivity index (χ3v) is 7.54. The lowest BCUT2D eigenvalue weighted by atomic mass is 10.1. The van der Waals surface area contributed by atoms with Gasteiger partial charge in [0.1, 0.15) is 5.75 Å². The highest BCUT2D eigenvalue weighted by Gasteiger charge is 2.27. The van der Waals surface area contributed by atoms with Gasteiger partial charge in [-0.2, -0.15) is 0 Å². The molecule has 2 aromatic carbocycles. The average Bonchev–Trinajstić information content (AvgIpc) is 2.85. The van der Waals surface area contributed by atoms with E-state index in [1.54, 1.807) is 31.6 Å². The lowest BCUT2D eigenvalue weighted by molar-refractivity contribution is 0.186. The number of nitrogens with one attached hydrogen (secondary N) is 1. The number of halogens is 1. The first-order valence-electron chi connectivity index (χ1n) is 10.7. The Labute approximate surface area is 200 Å². The smallest absolute Gasteiger partial charge is 0.240 e. The Balaban J connectivity index is 1.46. The van der Waals surface area contributed by atoms with Gasteiger partial charge in [-0.25, -0.2) is 13.1 Å². The minimum atomic E-state index is -3.66. The van der Waals surface area contributed by atoms with E-state index in [1.165, 1.54) is 12.1 Å². The highest BCUT2D eigenvalue weighted by atomic mass is 35.5. The third kappa shape index (κ3) is 5.83. The van der Waals surface area contributed by atoms with E-state index in [2.05, 4.69) is 31.6 Å². The summed E-state index contributed by atoms with van der Waals surface area (Å²) >= 11 is 5.90. The molecule has 0 unspecified atom stereocenters. The summed E-state index contributed by atoms with van der Waals surface area (Å²) in [6.07, 6.45) is 3.52. The van der Waals surface area contributed by atoms with Gasteiger partial charge in [-0.15, -0.1) is 0 Å². The van der Waals surface area contributed by atoms with Crippen LogP contribution in [0.5, 0.6) is 5.75 Å². The Morgan fingerprint density at radius 3 is 2.33 bits per heavy atom. The largest absolute Gasteiger partial charge is 0.497 e. The van der Waals surface area contributed by atoms with Gasteiger partial charge in [-0.05, 0) is 60.2 Å². The summed E-state index contributed by atoms with van der Waals surface area (Å²) in [5, 5.41) is 0.497. The van der Waals surface area contributed by atoms with Gasteiger partial charge in [0.15, 0.2) is 0 Å². The quantitative estimate of drug-likeness (QED) is 0.524. The number of piperazine rings is 1. The Bertz CT molecular complexity index is 1130. The molecule has 9 heteroatoms. The molecule has 4 rings (SSSR count). The van der Waals surface area contributed by atoms with Gasteiger partial charge in [0.05, 0.1) is 18.0 Å². The number of nitrogens with zero attached hydrogens (tertiary/aromatic N) is 3. The Kier molecular flexibility index (Phi) is 7.49. The molecule has 1 N–H and O–H groups in total. The SMILES string of the molecule is COc1ccc(N2CCN([C@@H](CNS(=O)(=O)c3ccc(Cl)cc3)c3cccnc3)CC2)cc1. The van der Waals surface area contributed by atoms with Crippen LogP contribution in [0, 0.1) is 0 Å². The lowest BCUT2D eigenvalue weighted by Gasteiger charge is -2.40. The zero-order valence-electron chi connectivity index (χ0n) is 18.4. The van der Waals surface area contributed by atoms with E-state index >= 15 is 0 Å². The van der Waals surface area contributed by atoms with Crippen LogP contribution in [0.2, 0.25) is 5.02 Å². The van der Waals surface area contributed by atoms with E-state index in [4.69, 9.17) is 16.3 Å². The van der Waals surface area contributed by atoms with Crippen molar-refractivity contribution in [3.05, 3.63) is 83.6 Å². The molecule has 7 nitrogen and oxygen atoms in total. The number of ether oxygens (including phenoxy) is 1. The second-order valence-electron chi connectivity index (χ2n) is 7.83. The number of benzene rings is 2. The van der Waals surface area contributed by atoms with Crippen LogP contribution in [0.25, 0.3) is 0 Å². The molecule has 1 saturated heterocycles. The molecule has 0 spiro atoms. The van der Waals surface area contributed by atoms with Gasteiger partial charge in [-0.1, -0.05) is 17.7 Å². The van der Waals surface area contributed by atoms with Crippen molar-refractivity contribution in [1.29, 1.82) is 0 Å². The minimum absolute atomic E-state index is 0.126. The number of rotatable bonds is 8. The van der Waals surface area contributed by atoms with Gasteiger partial charge in [0.25, 0.3) is 0 Å². The molecule has 1 atom stereocenters. The second-order valence-corrected chi connectivity index (χ2v) is 10.0. The lowest BCUT2D eigenvalue weighted by Crippen LogP contribution is -2.49. The molecule has 1 aliphatic heterocycles. The Hall–Kier alpha value is -2.65. The van der Waals surface area contributed by atoms with Crippen molar-refractivity contribution in [2.45, 2.75) is 10.9 Å². The van der Waals surface area contributed by atoms with E-state index in [9.17, 15) is 8.42 Å². The maximum atomic E-state index is 12.8. The summed E-state index contributed by atoms with van der Waals surface area (Å²) in [5.41, 5.74) is 2.13. The maximum absolute atomic E-state index is 12.8. The fourth-order valence-electron chi connectivity index (χ4n) is 4.00. The van der Waals surface area contributed by atoms with Crippen LogP contribution in [0.4, 0.5) is 5.69 Å². The highest BCUT2D eigenvalue weighted by molar-refractivity contribution is 7.89. The number of methoxy groups -OCH3 is 1. The summed E-state index contributed by atoms with van der Waals surface area (Å²) in [4.78, 5) is 9.08. The standard InChI is InChI=1S/C24H27ClN4O3S/c1-32-22-8-6-21(7-9-22)28-13-15-29(16-14-28)24(19-3-2-12-26-17-19)18-27-33(30,31)23-10-4-20(25)5-11-23/h2-12,17,24,27H,13-16,18H2,1H3/t24-/m0/s1. The van der Waals surface area contributed by atoms with Crippen molar-refractivity contribution in [2.24, 2.45) is 0 Å². The van der Waals surface area contributed by atoms with Gasteiger partial charge in [-0.3, -0.25) is 9.88 Å². The summed E-state index contributed by atoms with van der Waals surface area (Å²) < 4.78 is 33.7. The highest BCUT2D eigenvalue weighted by Crippen LogP contribution is 2.25. The number of sulfonamides is 1. The first kappa shape index (κ1) is 23.5. The van der Waals surface area contributed by atoms with E-state index in [0.29, 0.717) is 5.02 Å². The number of anilines is 1. The summed E-state index contributed by atoms with van der Waals surface area (Å²) in [7, 11) is -2.00. The van der Waals surface area contributed by atoms with Crippen LogP contribution >= 0.6 is 11.6 Å². The van der Waals surface area contributed by atoms with E-state index in [1.807, 2.05) is 24.3 Å². The molecule has 1 fully saturated rings. The first-order chi connectivity index (χ1) is 16.0. The van der Waals surface area contributed by atoms with Gasteiger partial charge >= 0.3 is 0 Å². The van der Waals surface area contributed by atoms with Crippen molar-refractivity contribution in [1.82, 2.24) is 14.6 Å². The summed E-state index contributed by atoms with van der Waals surface area (Å²) in [6, 6.07) is 18.0. The molecule has 33 heavy (non-hydrogen) atoms. The summed E-state index contributed by atoms with van der Waals surface area (Å²) in [5.74, 6) is 0.835. The van der Waals surface area contributed by atoms with Crippen molar-refractivity contribution < 1.29 is 13.2 Å². The molecule has 3 aromatic rings. The van der Waals surface area contributed by atoms with Crippen LogP contribution < -0.4 is 14.4 Å². The van der Waals surface area contributed by atoms with Crippen LogP contribution in [-0.4, -0.2) is 58.1 Å². The number of hydrogen-bond acceptors (Lipinski definition) is 6. The monoisotopic (exact) mass is 486 g/mol. The van der Waals surface area contributed by atoms with Crippen molar-refractivity contribution >= 4 is 27.3 Å². The number of aromatic nitrogens is 1. The van der Waals surface area contributed by atoms with E-state index in [-0.39, 0.29) is 17.5 Å². The molecule has 2 heterocycles. The van der Waals surface area contributed by atoms with Crippen LogP contribution in [-0.2, 0) is 10.0 Å². The number of pyridine rings is 1. The third-order valence-electron chi connectivity index (χ3n) is 5.85. The zero-order chi connectivity index (χ0) is 23.3. The second kappa shape index (κ2) is 10.5. The Morgan fingerprint density at radius 2 is 1.73 bits per heavy atom. The Morgan fingerprint density at radius 1 is 1.03 bits per heavy atom. The predicted octanol–water partition coefficient (Wildman–Crippen LogP) is 3.59. The van der Waals surface area contributed by atoms with Crippen molar-refractivity contribution in [3.63, 3.8) is 0 Å². The molecule has 174 valence electrons. The molecule has 0 aliphatic carbocycles. The first-order valence-corrected chi connectivity index (χ1v) is 12.6. The van der Waals surface area contributed by atoms with Gasteiger partial charge in [0, 0.05) is 55.8 Å². The van der Waals surface area contributed by atoms with Crippen molar-refractivity contribution in [2.75, 3.05) is 44.7 Å². The van der Waals surface area contributed by atoms with Crippen molar-refractivity contribution in [3.8, 4) is 5.75 Å². The molecule has 0 amide bonds.